The second-order valence-electron chi connectivity index (χ2n) is 4.01. The zero-order valence-corrected chi connectivity index (χ0v) is 8.16. The van der Waals surface area contributed by atoms with Crippen LogP contribution >= 0.6 is 0 Å². The number of fused-ring (bicyclic) bond motifs is 1. The maximum atomic E-state index is 13.1. The van der Waals surface area contributed by atoms with Crippen molar-refractivity contribution in [2.75, 3.05) is 16.8 Å². The average Bonchev–Trinajstić information content (AvgIpc) is 3.01. The first-order valence-corrected chi connectivity index (χ1v) is 5.11. The van der Waals surface area contributed by atoms with Crippen LogP contribution in [0.5, 0.6) is 0 Å². The minimum atomic E-state index is -0.295. The number of halogens is 1. The van der Waals surface area contributed by atoms with Crippen molar-refractivity contribution in [1.29, 1.82) is 0 Å². The number of rotatable bonds is 1. The molecule has 1 saturated carbocycles. The largest absolute Gasteiger partial charge is 0.374 e. The van der Waals surface area contributed by atoms with Crippen LogP contribution in [0.25, 0.3) is 0 Å². The molecule has 1 aromatic carbocycles. The fourth-order valence-electron chi connectivity index (χ4n) is 1.98. The molecular weight excluding hydrogens is 195 g/mol. The molecule has 0 aromatic heterocycles. The van der Waals surface area contributed by atoms with Gasteiger partial charge < -0.3 is 10.2 Å². The van der Waals surface area contributed by atoms with E-state index in [2.05, 4.69) is 5.32 Å². The predicted octanol–water partition coefficient (Wildman–Crippen LogP) is 1.75. The third kappa shape index (κ3) is 1.37. The van der Waals surface area contributed by atoms with Gasteiger partial charge in [0.1, 0.15) is 5.82 Å². The Morgan fingerprint density at radius 1 is 1.40 bits per heavy atom. The summed E-state index contributed by atoms with van der Waals surface area (Å²) < 4.78 is 13.1. The van der Waals surface area contributed by atoms with Crippen LogP contribution in [0.2, 0.25) is 0 Å². The van der Waals surface area contributed by atoms with Crippen LogP contribution in [-0.2, 0) is 4.79 Å². The number of hydrogen-bond donors (Lipinski definition) is 1. The predicted molar refractivity (Wildman–Crippen MR) is 55.4 cm³/mol. The van der Waals surface area contributed by atoms with Gasteiger partial charge in [-0.05, 0) is 31.0 Å². The number of benzene rings is 1. The van der Waals surface area contributed by atoms with Gasteiger partial charge >= 0.3 is 0 Å². The monoisotopic (exact) mass is 206 g/mol. The lowest BCUT2D eigenvalue weighted by atomic mass is 10.2. The molecule has 0 spiro atoms. The lowest BCUT2D eigenvalue weighted by Gasteiger charge is -2.30. The molecule has 0 radical (unpaired) electrons. The quantitative estimate of drug-likeness (QED) is 0.759. The van der Waals surface area contributed by atoms with Crippen molar-refractivity contribution in [3.8, 4) is 0 Å². The van der Waals surface area contributed by atoms with Gasteiger partial charge in [0.25, 0.3) is 0 Å². The molecule has 4 heteroatoms. The van der Waals surface area contributed by atoms with Gasteiger partial charge in [-0.3, -0.25) is 4.79 Å². The summed E-state index contributed by atoms with van der Waals surface area (Å²) in [5.74, 6) is -0.258. The number of nitrogens with one attached hydrogen (secondary N) is 1. The van der Waals surface area contributed by atoms with Crippen LogP contribution in [0.3, 0.4) is 0 Å². The maximum absolute atomic E-state index is 13.1. The Hall–Kier alpha value is -1.58. The molecule has 1 N–H and O–H groups in total. The van der Waals surface area contributed by atoms with Crippen molar-refractivity contribution < 1.29 is 9.18 Å². The minimum Gasteiger partial charge on any atom is -0.374 e. The Morgan fingerprint density at radius 2 is 2.20 bits per heavy atom. The second kappa shape index (κ2) is 2.95. The van der Waals surface area contributed by atoms with Crippen LogP contribution < -0.4 is 10.2 Å². The molecule has 1 aliphatic carbocycles. The summed E-state index contributed by atoms with van der Waals surface area (Å²) in [4.78, 5) is 13.4. The van der Waals surface area contributed by atoms with Crippen molar-refractivity contribution in [2.45, 2.75) is 18.9 Å². The molecule has 1 aliphatic heterocycles. The molecule has 1 heterocycles. The van der Waals surface area contributed by atoms with Gasteiger partial charge in [0, 0.05) is 6.04 Å². The summed E-state index contributed by atoms with van der Waals surface area (Å²) in [5.41, 5.74) is 1.54. The van der Waals surface area contributed by atoms with E-state index in [0.29, 0.717) is 18.3 Å². The van der Waals surface area contributed by atoms with E-state index in [4.69, 9.17) is 0 Å². The van der Waals surface area contributed by atoms with E-state index in [-0.39, 0.29) is 11.7 Å². The molecule has 0 atom stereocenters. The highest BCUT2D eigenvalue weighted by Crippen LogP contribution is 2.38. The van der Waals surface area contributed by atoms with Crippen molar-refractivity contribution in [2.24, 2.45) is 0 Å². The van der Waals surface area contributed by atoms with Gasteiger partial charge in [-0.15, -0.1) is 0 Å². The summed E-state index contributed by atoms with van der Waals surface area (Å²) in [6.07, 6.45) is 2.06. The van der Waals surface area contributed by atoms with Gasteiger partial charge in [-0.2, -0.15) is 0 Å². The molecule has 1 amide bonds. The van der Waals surface area contributed by atoms with E-state index in [9.17, 15) is 9.18 Å². The lowest BCUT2D eigenvalue weighted by molar-refractivity contribution is -0.117. The highest BCUT2D eigenvalue weighted by atomic mass is 19.1. The van der Waals surface area contributed by atoms with Gasteiger partial charge in [0.15, 0.2) is 0 Å². The Bertz CT molecular complexity index is 429. The molecule has 1 fully saturated rings. The average molecular weight is 206 g/mol. The summed E-state index contributed by atoms with van der Waals surface area (Å²) in [7, 11) is 0. The molecule has 3 nitrogen and oxygen atoms in total. The number of anilines is 2. The topological polar surface area (TPSA) is 32.3 Å². The van der Waals surface area contributed by atoms with E-state index in [1.54, 1.807) is 11.0 Å². The van der Waals surface area contributed by atoms with Crippen molar-refractivity contribution in [1.82, 2.24) is 0 Å². The number of hydrogen-bond acceptors (Lipinski definition) is 2. The van der Waals surface area contributed by atoms with Gasteiger partial charge in [-0.25, -0.2) is 4.39 Å². The molecule has 2 aliphatic rings. The fourth-order valence-corrected chi connectivity index (χ4v) is 1.98. The number of amides is 1. The lowest BCUT2D eigenvalue weighted by Crippen LogP contribution is -2.41. The zero-order chi connectivity index (χ0) is 10.4. The van der Waals surface area contributed by atoms with E-state index in [0.717, 1.165) is 18.5 Å². The third-order valence-electron chi connectivity index (χ3n) is 2.83. The number of carbonyl (C=O) groups excluding carboxylic acids is 1. The smallest absolute Gasteiger partial charge is 0.246 e. The first-order chi connectivity index (χ1) is 7.25. The zero-order valence-electron chi connectivity index (χ0n) is 8.16. The van der Waals surface area contributed by atoms with Gasteiger partial charge in [-0.1, -0.05) is 0 Å². The molecule has 78 valence electrons. The van der Waals surface area contributed by atoms with Crippen LogP contribution in [0.15, 0.2) is 18.2 Å². The Kier molecular flexibility index (Phi) is 1.71. The van der Waals surface area contributed by atoms with Crippen LogP contribution in [0, 0.1) is 5.82 Å². The summed E-state index contributed by atoms with van der Waals surface area (Å²) >= 11 is 0. The van der Waals surface area contributed by atoms with E-state index >= 15 is 0 Å². The van der Waals surface area contributed by atoms with E-state index in [1.807, 2.05) is 0 Å². The summed E-state index contributed by atoms with van der Waals surface area (Å²) in [6.45, 7) is 0.315. The minimum absolute atomic E-state index is 0.0376. The number of carbonyl (C=O) groups is 1. The SMILES string of the molecule is O=C1CNc2ccc(F)cc2N1C1CC1. The molecule has 1 aromatic rings. The maximum Gasteiger partial charge on any atom is 0.246 e. The number of nitrogens with zero attached hydrogens (tertiary/aromatic N) is 1. The summed E-state index contributed by atoms with van der Waals surface area (Å²) in [5, 5.41) is 2.99. The van der Waals surface area contributed by atoms with Crippen LogP contribution in [0.1, 0.15) is 12.8 Å². The second-order valence-corrected chi connectivity index (χ2v) is 4.01. The molecular formula is C11H11FN2O. The van der Waals surface area contributed by atoms with E-state index in [1.165, 1.54) is 12.1 Å². The standard InChI is InChI=1S/C11H11FN2O/c12-7-1-4-9-10(5-7)14(8-2-3-8)11(15)6-13-9/h1,4-5,8,13H,2-3,6H2. The van der Waals surface area contributed by atoms with Crippen LogP contribution in [-0.4, -0.2) is 18.5 Å². The summed E-state index contributed by atoms with van der Waals surface area (Å²) in [6, 6.07) is 4.82. The van der Waals surface area contributed by atoms with E-state index < -0.39 is 0 Å². The van der Waals surface area contributed by atoms with Gasteiger partial charge in [0.05, 0.1) is 17.9 Å². The Labute approximate surface area is 86.9 Å². The fraction of sp³-hybridized carbons (Fsp3) is 0.364. The molecule has 15 heavy (non-hydrogen) atoms. The third-order valence-corrected chi connectivity index (χ3v) is 2.83. The molecule has 0 saturated heterocycles. The van der Waals surface area contributed by atoms with Crippen molar-refractivity contribution >= 4 is 17.3 Å². The molecule has 0 unspecified atom stereocenters. The highest BCUT2D eigenvalue weighted by molar-refractivity contribution is 6.03. The van der Waals surface area contributed by atoms with Gasteiger partial charge in [0.2, 0.25) is 5.91 Å². The first kappa shape index (κ1) is 8.71. The Balaban J connectivity index is 2.08. The van der Waals surface area contributed by atoms with Crippen LogP contribution in [0.4, 0.5) is 15.8 Å². The normalized spacial score (nSPS) is 19.8. The van der Waals surface area contributed by atoms with Crippen molar-refractivity contribution in [3.05, 3.63) is 24.0 Å². The Morgan fingerprint density at radius 3 is 2.93 bits per heavy atom. The first-order valence-electron chi connectivity index (χ1n) is 5.11. The van der Waals surface area contributed by atoms with Crippen molar-refractivity contribution in [3.63, 3.8) is 0 Å². The molecule has 0 bridgehead atoms. The molecule has 3 rings (SSSR count). The highest BCUT2D eigenvalue weighted by Gasteiger charge is 2.36.